The molecule has 0 aromatic heterocycles. The fraction of sp³-hybridized carbons (Fsp3) is 0.516. The zero-order valence-electron chi connectivity index (χ0n) is 23.6. The molecule has 1 aliphatic carbocycles. The molecule has 1 saturated heterocycles. The number of amides is 1. The number of carbonyl (C=O) groups excluding carboxylic acids is 3. The molecule has 2 aromatic carbocycles. The minimum atomic E-state index is -1.17. The third-order valence-corrected chi connectivity index (χ3v) is 8.02. The number of ketones is 1. The Balaban J connectivity index is 0.00000441. The number of esters is 1. The molecule has 1 heterocycles. The van der Waals surface area contributed by atoms with Crippen LogP contribution in [0.4, 0.5) is 0 Å². The molecule has 8 nitrogen and oxygen atoms in total. The normalized spacial score (nSPS) is 20.2. The van der Waals surface area contributed by atoms with Crippen LogP contribution < -0.4 is 16.4 Å². The van der Waals surface area contributed by atoms with Gasteiger partial charge in [0, 0.05) is 17.3 Å². The molecule has 40 heavy (non-hydrogen) atoms. The van der Waals surface area contributed by atoms with Gasteiger partial charge in [0.05, 0.1) is 31.8 Å². The second kappa shape index (κ2) is 13.7. The van der Waals surface area contributed by atoms with Crippen LogP contribution in [0.5, 0.6) is 0 Å². The summed E-state index contributed by atoms with van der Waals surface area (Å²) in [7, 11) is 0. The summed E-state index contributed by atoms with van der Waals surface area (Å²) in [5.41, 5.74) is 7.58. The van der Waals surface area contributed by atoms with E-state index in [2.05, 4.69) is 16.7 Å². The molecule has 3 atom stereocenters. The van der Waals surface area contributed by atoms with E-state index in [0.717, 1.165) is 42.6 Å². The molecule has 0 radical (unpaired) electrons. The molecule has 1 unspecified atom stereocenters. The molecule has 4 N–H and O–H groups in total. The van der Waals surface area contributed by atoms with Crippen molar-refractivity contribution in [2.75, 3.05) is 26.3 Å². The first-order chi connectivity index (χ1) is 18.7. The summed E-state index contributed by atoms with van der Waals surface area (Å²) in [6, 6.07) is 16.8. The molecule has 0 saturated carbocycles. The number of nitrogens with one attached hydrogen (secondary N) is 2. The minimum absolute atomic E-state index is 0. The van der Waals surface area contributed by atoms with Gasteiger partial charge in [0.1, 0.15) is 6.04 Å². The SMILES string of the molecule is CCOC(=O)CC1c2ccccc2C2(CCNCC2)[C@@H]1C(=O)[C@@H](COCc1ccccc1)NC(=O)C(C)(C)N.Cl. The van der Waals surface area contributed by atoms with Crippen LogP contribution in [-0.2, 0) is 35.9 Å². The van der Waals surface area contributed by atoms with Crippen molar-refractivity contribution in [2.24, 2.45) is 11.7 Å². The number of rotatable bonds is 11. The van der Waals surface area contributed by atoms with E-state index in [1.54, 1.807) is 20.8 Å². The monoisotopic (exact) mass is 571 g/mol. The highest BCUT2D eigenvalue weighted by Gasteiger charge is 2.56. The Bertz CT molecular complexity index is 1160. The van der Waals surface area contributed by atoms with Gasteiger partial charge in [-0.2, -0.15) is 0 Å². The minimum Gasteiger partial charge on any atom is -0.466 e. The third-order valence-electron chi connectivity index (χ3n) is 8.02. The summed E-state index contributed by atoms with van der Waals surface area (Å²) in [5, 5.41) is 6.32. The summed E-state index contributed by atoms with van der Waals surface area (Å²) in [6.45, 7) is 7.11. The van der Waals surface area contributed by atoms with Crippen LogP contribution in [0.3, 0.4) is 0 Å². The lowest BCUT2D eigenvalue weighted by Gasteiger charge is -2.42. The van der Waals surface area contributed by atoms with E-state index in [1.807, 2.05) is 48.5 Å². The average molecular weight is 572 g/mol. The van der Waals surface area contributed by atoms with Crippen molar-refractivity contribution in [3.63, 3.8) is 0 Å². The van der Waals surface area contributed by atoms with Gasteiger partial charge in [-0.05, 0) is 63.4 Å². The number of hydrogen-bond donors (Lipinski definition) is 3. The van der Waals surface area contributed by atoms with Crippen LogP contribution in [-0.4, -0.2) is 55.5 Å². The lowest BCUT2D eigenvalue weighted by Crippen LogP contribution is -2.58. The maximum absolute atomic E-state index is 14.6. The number of ether oxygens (including phenoxy) is 2. The molecule has 218 valence electrons. The van der Waals surface area contributed by atoms with Gasteiger partial charge in [-0.1, -0.05) is 54.6 Å². The third kappa shape index (κ3) is 6.92. The summed E-state index contributed by atoms with van der Waals surface area (Å²) in [4.78, 5) is 40.5. The zero-order chi connectivity index (χ0) is 28.0. The van der Waals surface area contributed by atoms with E-state index >= 15 is 0 Å². The van der Waals surface area contributed by atoms with Crippen molar-refractivity contribution in [1.82, 2.24) is 10.6 Å². The van der Waals surface area contributed by atoms with Gasteiger partial charge in [0.25, 0.3) is 0 Å². The van der Waals surface area contributed by atoms with Gasteiger partial charge in [-0.25, -0.2) is 0 Å². The van der Waals surface area contributed by atoms with Crippen molar-refractivity contribution in [3.8, 4) is 0 Å². The molecule has 2 aromatic rings. The Morgan fingerprint density at radius 2 is 1.73 bits per heavy atom. The van der Waals surface area contributed by atoms with Crippen molar-refractivity contribution in [3.05, 3.63) is 71.3 Å². The van der Waals surface area contributed by atoms with E-state index < -0.39 is 28.8 Å². The number of benzene rings is 2. The lowest BCUT2D eigenvalue weighted by atomic mass is 9.64. The van der Waals surface area contributed by atoms with Crippen LogP contribution in [0.2, 0.25) is 0 Å². The first-order valence-corrected chi connectivity index (χ1v) is 13.9. The number of carbonyl (C=O) groups is 3. The number of Topliss-reactive ketones (excluding diaryl/α,β-unsaturated/α-hetero) is 1. The highest BCUT2D eigenvalue weighted by molar-refractivity contribution is 5.95. The van der Waals surface area contributed by atoms with Crippen LogP contribution in [0.15, 0.2) is 54.6 Å². The van der Waals surface area contributed by atoms with Crippen LogP contribution in [0, 0.1) is 5.92 Å². The van der Waals surface area contributed by atoms with Crippen molar-refractivity contribution in [2.45, 2.75) is 69.6 Å². The Morgan fingerprint density at radius 3 is 2.38 bits per heavy atom. The second-order valence-corrected chi connectivity index (χ2v) is 11.2. The highest BCUT2D eigenvalue weighted by Crippen LogP contribution is 2.56. The number of nitrogens with two attached hydrogens (primary N) is 1. The zero-order valence-corrected chi connectivity index (χ0v) is 24.4. The molecule has 2 aliphatic rings. The average Bonchev–Trinajstić information content (AvgIpc) is 3.16. The smallest absolute Gasteiger partial charge is 0.306 e. The molecule has 1 spiro atoms. The summed E-state index contributed by atoms with van der Waals surface area (Å²) < 4.78 is 11.3. The molecule has 1 aliphatic heterocycles. The van der Waals surface area contributed by atoms with E-state index in [4.69, 9.17) is 15.2 Å². The molecule has 4 rings (SSSR count). The molecule has 1 fully saturated rings. The van der Waals surface area contributed by atoms with Crippen molar-refractivity contribution < 1.29 is 23.9 Å². The predicted molar refractivity (Wildman–Crippen MR) is 156 cm³/mol. The Labute approximate surface area is 243 Å². The number of fused-ring (bicyclic) bond motifs is 2. The van der Waals surface area contributed by atoms with Crippen LogP contribution in [0.25, 0.3) is 0 Å². The highest BCUT2D eigenvalue weighted by atomic mass is 35.5. The lowest BCUT2D eigenvalue weighted by molar-refractivity contribution is -0.144. The van der Waals surface area contributed by atoms with Gasteiger partial charge in [-0.15, -0.1) is 12.4 Å². The molecule has 9 heteroatoms. The first kappa shape index (κ1) is 31.7. The van der Waals surface area contributed by atoms with Crippen molar-refractivity contribution in [1.29, 1.82) is 0 Å². The van der Waals surface area contributed by atoms with E-state index in [-0.39, 0.29) is 49.7 Å². The molecular weight excluding hydrogens is 530 g/mol. The topological polar surface area (TPSA) is 120 Å². The maximum atomic E-state index is 14.6. The van der Waals surface area contributed by atoms with E-state index in [9.17, 15) is 14.4 Å². The van der Waals surface area contributed by atoms with Crippen LogP contribution >= 0.6 is 12.4 Å². The Morgan fingerprint density at radius 1 is 1.07 bits per heavy atom. The number of halogens is 1. The summed E-state index contributed by atoms with van der Waals surface area (Å²) >= 11 is 0. The van der Waals surface area contributed by atoms with Gasteiger partial charge in [-0.3, -0.25) is 14.4 Å². The van der Waals surface area contributed by atoms with Crippen molar-refractivity contribution >= 4 is 30.1 Å². The maximum Gasteiger partial charge on any atom is 0.306 e. The predicted octanol–water partition coefficient (Wildman–Crippen LogP) is 3.40. The van der Waals surface area contributed by atoms with Gasteiger partial charge in [0.2, 0.25) is 5.91 Å². The number of hydrogen-bond acceptors (Lipinski definition) is 7. The Hall–Kier alpha value is -2.78. The largest absolute Gasteiger partial charge is 0.466 e. The molecular formula is C31H42ClN3O5. The van der Waals surface area contributed by atoms with Gasteiger partial charge in [0.15, 0.2) is 5.78 Å². The quantitative estimate of drug-likeness (QED) is 0.354. The standard InChI is InChI=1S/C31H41N3O5.ClH/c1-4-39-26(35)18-23-22-12-8-9-13-24(22)31(14-16-33-17-15-31)27(23)28(36)25(34-29(37)30(2,3)32)20-38-19-21-10-6-5-7-11-21;/h5-13,23,25,27,33H,4,14-20,32H2,1-3H3,(H,34,37);1H/t23?,25-,27+;/m1./s1. The fourth-order valence-corrected chi connectivity index (χ4v) is 6.18. The molecule has 1 amide bonds. The summed E-state index contributed by atoms with van der Waals surface area (Å²) in [6.07, 6.45) is 1.62. The first-order valence-electron chi connectivity index (χ1n) is 13.9. The molecule has 0 bridgehead atoms. The fourth-order valence-electron chi connectivity index (χ4n) is 6.18. The van der Waals surface area contributed by atoms with Gasteiger partial charge >= 0.3 is 5.97 Å². The van der Waals surface area contributed by atoms with Gasteiger partial charge < -0.3 is 25.8 Å². The second-order valence-electron chi connectivity index (χ2n) is 11.2. The Kier molecular flexibility index (Phi) is 10.9. The van der Waals surface area contributed by atoms with E-state index in [1.165, 1.54) is 0 Å². The number of piperidine rings is 1. The summed E-state index contributed by atoms with van der Waals surface area (Å²) in [5.74, 6) is -1.77. The van der Waals surface area contributed by atoms with Crippen LogP contribution in [0.1, 0.15) is 62.6 Å². The van der Waals surface area contributed by atoms with E-state index in [0.29, 0.717) is 6.61 Å².